The summed E-state index contributed by atoms with van der Waals surface area (Å²) in [5.74, 6) is 2.74. The van der Waals surface area contributed by atoms with Crippen molar-refractivity contribution in [2.45, 2.75) is 64.9 Å². The molecule has 0 aliphatic heterocycles. The lowest BCUT2D eigenvalue weighted by atomic mass is 9.52. The van der Waals surface area contributed by atoms with Crippen LogP contribution < -0.4 is 0 Å². The van der Waals surface area contributed by atoms with Crippen molar-refractivity contribution in [1.82, 2.24) is 0 Å². The van der Waals surface area contributed by atoms with Crippen LogP contribution in [-0.4, -0.2) is 11.2 Å². The van der Waals surface area contributed by atoms with E-state index in [-0.39, 0.29) is 6.10 Å². The van der Waals surface area contributed by atoms with Gasteiger partial charge in [0.25, 0.3) is 0 Å². The van der Waals surface area contributed by atoms with Crippen LogP contribution in [0.5, 0.6) is 0 Å². The Kier molecular flexibility index (Phi) is 2.85. The highest BCUT2D eigenvalue weighted by Gasteiger charge is 2.48. The van der Waals surface area contributed by atoms with Crippen LogP contribution >= 0.6 is 0 Å². The SMILES string of the molecule is CC1CCCC2C1CC=C1CC(O)CCC12C. The molecule has 5 unspecified atom stereocenters. The smallest absolute Gasteiger partial charge is 0.0577 e. The second-order valence-corrected chi connectivity index (χ2v) is 6.96. The van der Waals surface area contributed by atoms with E-state index >= 15 is 0 Å². The predicted octanol–water partition coefficient (Wildman–Crippen LogP) is 3.92. The van der Waals surface area contributed by atoms with Crippen LogP contribution in [0.4, 0.5) is 0 Å². The first-order valence-corrected chi connectivity index (χ1v) is 7.49. The average molecular weight is 234 g/mol. The van der Waals surface area contributed by atoms with Gasteiger partial charge in [-0.1, -0.05) is 38.3 Å². The van der Waals surface area contributed by atoms with E-state index < -0.39 is 0 Å². The highest BCUT2D eigenvalue weighted by atomic mass is 16.3. The number of aliphatic hydroxyl groups excluding tert-OH is 1. The van der Waals surface area contributed by atoms with Gasteiger partial charge in [0.1, 0.15) is 0 Å². The summed E-state index contributed by atoms with van der Waals surface area (Å²) in [6.45, 7) is 4.94. The van der Waals surface area contributed by atoms with Gasteiger partial charge in [0.15, 0.2) is 0 Å². The van der Waals surface area contributed by atoms with Gasteiger partial charge >= 0.3 is 0 Å². The fourth-order valence-electron chi connectivity index (χ4n) is 4.91. The van der Waals surface area contributed by atoms with E-state index in [0.717, 1.165) is 30.6 Å². The molecule has 0 aromatic carbocycles. The molecule has 17 heavy (non-hydrogen) atoms. The van der Waals surface area contributed by atoms with Crippen molar-refractivity contribution in [2.24, 2.45) is 23.2 Å². The highest BCUT2D eigenvalue weighted by molar-refractivity contribution is 5.23. The number of fused-ring (bicyclic) bond motifs is 3. The molecule has 0 bridgehead atoms. The standard InChI is InChI=1S/C16H26O/c1-11-4-3-5-15-14(11)7-6-12-10-13(17)8-9-16(12,15)2/h6,11,13-15,17H,3-5,7-10H2,1-2H3. The fraction of sp³-hybridized carbons (Fsp3) is 0.875. The molecule has 5 atom stereocenters. The van der Waals surface area contributed by atoms with Crippen LogP contribution in [0, 0.1) is 23.2 Å². The molecule has 0 saturated heterocycles. The molecule has 0 spiro atoms. The monoisotopic (exact) mass is 234 g/mol. The molecule has 2 saturated carbocycles. The molecule has 0 heterocycles. The first-order valence-electron chi connectivity index (χ1n) is 7.49. The van der Waals surface area contributed by atoms with Crippen LogP contribution in [0.3, 0.4) is 0 Å². The van der Waals surface area contributed by atoms with Crippen LogP contribution in [-0.2, 0) is 0 Å². The van der Waals surface area contributed by atoms with Crippen LogP contribution in [0.2, 0.25) is 0 Å². The maximum absolute atomic E-state index is 9.87. The Morgan fingerprint density at radius 2 is 2.12 bits per heavy atom. The normalized spacial score (nSPS) is 50.2. The Labute approximate surface area is 105 Å². The van der Waals surface area contributed by atoms with Gasteiger partial charge in [0.2, 0.25) is 0 Å². The van der Waals surface area contributed by atoms with E-state index in [1.165, 1.54) is 32.1 Å². The molecule has 0 amide bonds. The van der Waals surface area contributed by atoms with Gasteiger partial charge in [-0.2, -0.15) is 0 Å². The number of rotatable bonds is 0. The molecule has 3 aliphatic carbocycles. The van der Waals surface area contributed by atoms with E-state index in [4.69, 9.17) is 0 Å². The lowest BCUT2D eigenvalue weighted by Crippen LogP contribution is -2.45. The summed E-state index contributed by atoms with van der Waals surface area (Å²) < 4.78 is 0. The summed E-state index contributed by atoms with van der Waals surface area (Å²) in [7, 11) is 0. The summed E-state index contributed by atoms with van der Waals surface area (Å²) in [6, 6.07) is 0. The molecule has 1 nitrogen and oxygen atoms in total. The minimum atomic E-state index is -0.0631. The molecule has 1 heteroatoms. The Morgan fingerprint density at radius 3 is 2.94 bits per heavy atom. The Bertz CT molecular complexity index is 332. The van der Waals surface area contributed by atoms with Gasteiger partial charge in [-0.15, -0.1) is 0 Å². The molecule has 0 radical (unpaired) electrons. The third-order valence-electron chi connectivity index (χ3n) is 6.06. The second-order valence-electron chi connectivity index (χ2n) is 6.96. The summed E-state index contributed by atoms with van der Waals surface area (Å²) in [5.41, 5.74) is 2.02. The molecule has 3 rings (SSSR count). The van der Waals surface area contributed by atoms with Crippen LogP contribution in [0.15, 0.2) is 11.6 Å². The summed E-state index contributed by atoms with van der Waals surface area (Å²) in [6.07, 6.45) is 11.2. The van der Waals surface area contributed by atoms with Gasteiger partial charge in [-0.3, -0.25) is 0 Å². The third-order valence-corrected chi connectivity index (χ3v) is 6.06. The second kappa shape index (κ2) is 4.12. The highest BCUT2D eigenvalue weighted by Crippen LogP contribution is 2.57. The van der Waals surface area contributed by atoms with Crippen molar-refractivity contribution in [2.75, 3.05) is 0 Å². The molecule has 1 N–H and O–H groups in total. The molecule has 0 aromatic heterocycles. The molecular formula is C16H26O. The van der Waals surface area contributed by atoms with Crippen molar-refractivity contribution in [1.29, 1.82) is 0 Å². The first kappa shape index (κ1) is 11.8. The predicted molar refractivity (Wildman–Crippen MR) is 70.7 cm³/mol. The topological polar surface area (TPSA) is 20.2 Å². The van der Waals surface area contributed by atoms with Gasteiger partial charge < -0.3 is 5.11 Å². The zero-order valence-electron chi connectivity index (χ0n) is 11.3. The van der Waals surface area contributed by atoms with Crippen LogP contribution in [0.1, 0.15) is 58.8 Å². The Morgan fingerprint density at radius 1 is 1.29 bits per heavy atom. The lowest BCUT2D eigenvalue weighted by Gasteiger charge is -2.53. The quantitative estimate of drug-likeness (QED) is 0.630. The first-order chi connectivity index (χ1) is 8.11. The number of hydrogen-bond acceptors (Lipinski definition) is 1. The van der Waals surface area contributed by atoms with Gasteiger partial charge in [-0.05, 0) is 55.3 Å². The zero-order valence-corrected chi connectivity index (χ0v) is 11.3. The van der Waals surface area contributed by atoms with Crippen molar-refractivity contribution in [3.05, 3.63) is 11.6 Å². The number of hydrogen-bond donors (Lipinski definition) is 1. The van der Waals surface area contributed by atoms with Crippen LogP contribution in [0.25, 0.3) is 0 Å². The van der Waals surface area contributed by atoms with Crippen molar-refractivity contribution in [3.63, 3.8) is 0 Å². The van der Waals surface area contributed by atoms with Crippen molar-refractivity contribution >= 4 is 0 Å². The number of allylic oxidation sites excluding steroid dienone is 1. The van der Waals surface area contributed by atoms with E-state index in [0.29, 0.717) is 5.41 Å². The molecule has 0 aromatic rings. The minimum Gasteiger partial charge on any atom is -0.393 e. The molecule has 3 aliphatic rings. The fourth-order valence-corrected chi connectivity index (χ4v) is 4.91. The van der Waals surface area contributed by atoms with Gasteiger partial charge in [0.05, 0.1) is 6.10 Å². The molecular weight excluding hydrogens is 208 g/mol. The Hall–Kier alpha value is -0.300. The largest absolute Gasteiger partial charge is 0.393 e. The summed E-state index contributed by atoms with van der Waals surface area (Å²) >= 11 is 0. The average Bonchev–Trinajstić information content (AvgIpc) is 2.31. The lowest BCUT2D eigenvalue weighted by molar-refractivity contribution is 0.0126. The summed E-state index contributed by atoms with van der Waals surface area (Å²) in [4.78, 5) is 0. The maximum atomic E-state index is 9.87. The molecule has 96 valence electrons. The van der Waals surface area contributed by atoms with Gasteiger partial charge in [-0.25, -0.2) is 0 Å². The zero-order chi connectivity index (χ0) is 12.0. The maximum Gasteiger partial charge on any atom is 0.0577 e. The third kappa shape index (κ3) is 1.78. The number of aliphatic hydroxyl groups is 1. The van der Waals surface area contributed by atoms with Crippen molar-refractivity contribution in [3.8, 4) is 0 Å². The summed E-state index contributed by atoms with van der Waals surface area (Å²) in [5, 5.41) is 9.87. The van der Waals surface area contributed by atoms with Crippen molar-refractivity contribution < 1.29 is 5.11 Å². The van der Waals surface area contributed by atoms with Gasteiger partial charge in [0, 0.05) is 0 Å². The minimum absolute atomic E-state index is 0.0631. The Balaban J connectivity index is 1.92. The molecule has 2 fully saturated rings. The van der Waals surface area contributed by atoms with E-state index in [1.54, 1.807) is 5.57 Å². The van der Waals surface area contributed by atoms with E-state index in [1.807, 2.05) is 0 Å². The van der Waals surface area contributed by atoms with E-state index in [2.05, 4.69) is 19.9 Å². The van der Waals surface area contributed by atoms with E-state index in [9.17, 15) is 5.11 Å².